The van der Waals surface area contributed by atoms with Crippen molar-refractivity contribution in [1.82, 2.24) is 14.8 Å². The topological polar surface area (TPSA) is 43.9 Å². The molecule has 1 saturated carbocycles. The van der Waals surface area contributed by atoms with E-state index in [1.807, 2.05) is 12.1 Å². The molecule has 2 heterocycles. The van der Waals surface area contributed by atoms with E-state index in [1.54, 1.807) is 18.0 Å². The third kappa shape index (κ3) is 2.77. The summed E-state index contributed by atoms with van der Waals surface area (Å²) in [6, 6.07) is 4.39. The first-order chi connectivity index (χ1) is 9.75. The van der Waals surface area contributed by atoms with Crippen molar-refractivity contribution in [3.05, 3.63) is 18.4 Å². The number of hydrogen-bond donors (Lipinski definition) is 0. The molecule has 108 valence electrons. The fourth-order valence-electron chi connectivity index (χ4n) is 2.81. The van der Waals surface area contributed by atoms with Gasteiger partial charge in [-0.2, -0.15) is 0 Å². The molecule has 0 bridgehead atoms. The quantitative estimate of drug-likeness (QED) is 0.775. The standard InChI is InChI=1S/C15H21N3OS/c1-11(2)20-15-17-16-14(13-9-6-10-19-13)18(15)12-7-4-3-5-8-12/h6,9-12H,3-5,7-8H2,1-2H3. The Balaban J connectivity index is 1.99. The molecule has 0 amide bonds. The van der Waals surface area contributed by atoms with Crippen molar-refractivity contribution in [1.29, 1.82) is 0 Å². The zero-order chi connectivity index (χ0) is 13.9. The fraction of sp³-hybridized carbons (Fsp3) is 0.600. The summed E-state index contributed by atoms with van der Waals surface area (Å²) in [6.07, 6.45) is 8.08. The van der Waals surface area contributed by atoms with Crippen molar-refractivity contribution in [2.75, 3.05) is 0 Å². The van der Waals surface area contributed by atoms with E-state index in [2.05, 4.69) is 28.6 Å². The fourth-order valence-corrected chi connectivity index (χ4v) is 3.67. The molecular formula is C15H21N3OS. The first kappa shape index (κ1) is 13.7. The average Bonchev–Trinajstić information content (AvgIpc) is 3.07. The molecular weight excluding hydrogens is 270 g/mol. The van der Waals surface area contributed by atoms with Gasteiger partial charge in [-0.15, -0.1) is 10.2 Å². The molecule has 0 atom stereocenters. The summed E-state index contributed by atoms with van der Waals surface area (Å²) in [6.45, 7) is 4.38. The number of furan rings is 1. The Morgan fingerprint density at radius 3 is 2.70 bits per heavy atom. The zero-order valence-electron chi connectivity index (χ0n) is 12.1. The Hall–Kier alpha value is -1.23. The molecule has 0 aliphatic heterocycles. The van der Waals surface area contributed by atoms with Gasteiger partial charge in [0.1, 0.15) is 0 Å². The molecule has 1 aliphatic carbocycles. The predicted octanol–water partition coefficient (Wildman–Crippen LogP) is 4.54. The lowest BCUT2D eigenvalue weighted by Gasteiger charge is -2.25. The number of aromatic nitrogens is 3. The van der Waals surface area contributed by atoms with Crippen molar-refractivity contribution in [2.45, 2.75) is 62.4 Å². The van der Waals surface area contributed by atoms with Crippen LogP contribution in [0.3, 0.4) is 0 Å². The number of thioether (sulfide) groups is 1. The van der Waals surface area contributed by atoms with Crippen molar-refractivity contribution >= 4 is 11.8 Å². The molecule has 0 aromatic carbocycles. The van der Waals surface area contributed by atoms with Gasteiger partial charge in [-0.25, -0.2) is 0 Å². The van der Waals surface area contributed by atoms with E-state index in [-0.39, 0.29) is 0 Å². The SMILES string of the molecule is CC(C)Sc1nnc(-c2ccco2)n1C1CCCCC1. The summed E-state index contributed by atoms with van der Waals surface area (Å²) in [7, 11) is 0. The summed E-state index contributed by atoms with van der Waals surface area (Å²) in [5.41, 5.74) is 0. The second-order valence-corrected chi connectivity index (χ2v) is 7.16. The van der Waals surface area contributed by atoms with Gasteiger partial charge in [0.15, 0.2) is 10.9 Å². The van der Waals surface area contributed by atoms with Gasteiger partial charge in [0.25, 0.3) is 0 Å². The van der Waals surface area contributed by atoms with Crippen LogP contribution in [0.5, 0.6) is 0 Å². The molecule has 0 saturated heterocycles. The average molecular weight is 291 g/mol. The maximum atomic E-state index is 5.54. The molecule has 2 aromatic rings. The van der Waals surface area contributed by atoms with E-state index >= 15 is 0 Å². The predicted molar refractivity (Wildman–Crippen MR) is 80.8 cm³/mol. The molecule has 2 aromatic heterocycles. The number of hydrogen-bond acceptors (Lipinski definition) is 4. The first-order valence-corrected chi connectivity index (χ1v) is 8.29. The van der Waals surface area contributed by atoms with Crippen molar-refractivity contribution in [3.8, 4) is 11.6 Å². The van der Waals surface area contributed by atoms with Crippen molar-refractivity contribution < 1.29 is 4.42 Å². The number of rotatable bonds is 4. The Morgan fingerprint density at radius 1 is 1.25 bits per heavy atom. The minimum Gasteiger partial charge on any atom is -0.461 e. The van der Waals surface area contributed by atoms with Gasteiger partial charge in [-0.05, 0) is 25.0 Å². The van der Waals surface area contributed by atoms with Crippen LogP contribution in [0.15, 0.2) is 28.0 Å². The van der Waals surface area contributed by atoms with Crippen molar-refractivity contribution in [3.63, 3.8) is 0 Å². The maximum Gasteiger partial charge on any atom is 0.200 e. The summed E-state index contributed by atoms with van der Waals surface area (Å²) >= 11 is 1.78. The van der Waals surface area contributed by atoms with E-state index in [0.717, 1.165) is 16.7 Å². The third-order valence-corrected chi connectivity index (χ3v) is 4.65. The van der Waals surface area contributed by atoms with Gasteiger partial charge in [-0.3, -0.25) is 4.57 Å². The summed E-state index contributed by atoms with van der Waals surface area (Å²) in [5, 5.41) is 10.3. The molecule has 20 heavy (non-hydrogen) atoms. The Morgan fingerprint density at radius 2 is 2.05 bits per heavy atom. The van der Waals surface area contributed by atoms with Gasteiger partial charge in [0, 0.05) is 11.3 Å². The highest BCUT2D eigenvalue weighted by molar-refractivity contribution is 7.99. The second kappa shape index (κ2) is 6.04. The molecule has 5 heteroatoms. The van der Waals surface area contributed by atoms with E-state index in [1.165, 1.54) is 32.1 Å². The van der Waals surface area contributed by atoms with Crippen LogP contribution in [0.25, 0.3) is 11.6 Å². The second-order valence-electron chi connectivity index (χ2n) is 5.61. The van der Waals surface area contributed by atoms with Crippen LogP contribution in [0.4, 0.5) is 0 Å². The van der Waals surface area contributed by atoms with Gasteiger partial charge >= 0.3 is 0 Å². The molecule has 1 fully saturated rings. The van der Waals surface area contributed by atoms with E-state index in [0.29, 0.717) is 11.3 Å². The van der Waals surface area contributed by atoms with Crippen LogP contribution in [-0.4, -0.2) is 20.0 Å². The maximum absolute atomic E-state index is 5.54. The van der Waals surface area contributed by atoms with Gasteiger partial charge < -0.3 is 4.42 Å². The van der Waals surface area contributed by atoms with Crippen LogP contribution in [-0.2, 0) is 0 Å². The highest BCUT2D eigenvalue weighted by Gasteiger charge is 2.25. The molecule has 0 radical (unpaired) electrons. The molecule has 3 rings (SSSR count). The highest BCUT2D eigenvalue weighted by Crippen LogP contribution is 2.36. The minimum atomic E-state index is 0.506. The molecule has 0 unspecified atom stereocenters. The lowest BCUT2D eigenvalue weighted by molar-refractivity contribution is 0.337. The lowest BCUT2D eigenvalue weighted by atomic mass is 9.95. The largest absolute Gasteiger partial charge is 0.461 e. The summed E-state index contributed by atoms with van der Waals surface area (Å²) in [4.78, 5) is 0. The van der Waals surface area contributed by atoms with Crippen LogP contribution >= 0.6 is 11.8 Å². The van der Waals surface area contributed by atoms with E-state index in [4.69, 9.17) is 4.42 Å². The first-order valence-electron chi connectivity index (χ1n) is 7.41. The minimum absolute atomic E-state index is 0.506. The van der Waals surface area contributed by atoms with Crippen LogP contribution in [0, 0.1) is 0 Å². The molecule has 0 spiro atoms. The number of nitrogens with zero attached hydrogens (tertiary/aromatic N) is 3. The Labute approximate surface area is 124 Å². The Bertz CT molecular complexity index is 541. The smallest absolute Gasteiger partial charge is 0.200 e. The van der Waals surface area contributed by atoms with Crippen LogP contribution < -0.4 is 0 Å². The lowest BCUT2D eigenvalue weighted by Crippen LogP contribution is -2.15. The van der Waals surface area contributed by atoms with Crippen LogP contribution in [0.1, 0.15) is 52.0 Å². The monoisotopic (exact) mass is 291 g/mol. The Kier molecular flexibility index (Phi) is 4.15. The van der Waals surface area contributed by atoms with Crippen LogP contribution in [0.2, 0.25) is 0 Å². The zero-order valence-corrected chi connectivity index (χ0v) is 12.9. The normalized spacial score (nSPS) is 16.9. The summed E-state index contributed by atoms with van der Waals surface area (Å²) in [5.74, 6) is 1.70. The highest BCUT2D eigenvalue weighted by atomic mass is 32.2. The van der Waals surface area contributed by atoms with Crippen molar-refractivity contribution in [2.24, 2.45) is 0 Å². The van der Waals surface area contributed by atoms with Gasteiger partial charge in [-0.1, -0.05) is 44.9 Å². The molecule has 1 aliphatic rings. The van der Waals surface area contributed by atoms with Gasteiger partial charge in [0.05, 0.1) is 6.26 Å². The third-order valence-electron chi connectivity index (χ3n) is 3.69. The van der Waals surface area contributed by atoms with Gasteiger partial charge in [0.2, 0.25) is 5.82 Å². The summed E-state index contributed by atoms with van der Waals surface area (Å²) < 4.78 is 7.84. The molecule has 4 nitrogen and oxygen atoms in total. The van der Waals surface area contributed by atoms with E-state index in [9.17, 15) is 0 Å². The molecule has 0 N–H and O–H groups in total. The van der Waals surface area contributed by atoms with E-state index < -0.39 is 0 Å².